The zero-order valence-electron chi connectivity index (χ0n) is 26.3. The van der Waals surface area contributed by atoms with E-state index in [0.29, 0.717) is 37.4 Å². The van der Waals surface area contributed by atoms with E-state index in [4.69, 9.17) is 28.4 Å². The lowest BCUT2D eigenvalue weighted by molar-refractivity contribution is -0.280. The van der Waals surface area contributed by atoms with Crippen molar-refractivity contribution < 1.29 is 48.2 Å². The Morgan fingerprint density at radius 1 is 1.05 bits per heavy atom. The van der Waals surface area contributed by atoms with Crippen molar-refractivity contribution >= 4 is 11.8 Å². The van der Waals surface area contributed by atoms with Gasteiger partial charge in [-0.3, -0.25) is 9.69 Å². The summed E-state index contributed by atoms with van der Waals surface area (Å²) in [6.07, 6.45) is -3.03. The number of ketones is 1. The van der Waals surface area contributed by atoms with E-state index in [0.717, 1.165) is 0 Å². The van der Waals surface area contributed by atoms with Crippen molar-refractivity contribution in [3.63, 3.8) is 0 Å². The number of nitrogens with zero attached hydrogens (tertiary/aromatic N) is 1. The molecule has 1 aromatic carbocycles. The number of hydrogen-bond donors (Lipinski definition) is 2. The van der Waals surface area contributed by atoms with Crippen molar-refractivity contribution in [3.05, 3.63) is 29.8 Å². The van der Waals surface area contributed by atoms with E-state index >= 15 is 0 Å². The van der Waals surface area contributed by atoms with Crippen LogP contribution in [0.15, 0.2) is 24.3 Å². The lowest BCUT2D eigenvalue weighted by Crippen LogP contribution is -2.77. The summed E-state index contributed by atoms with van der Waals surface area (Å²) in [5, 5.41) is 24.4. The number of esters is 1. The van der Waals surface area contributed by atoms with Gasteiger partial charge in [-0.2, -0.15) is 0 Å². The number of likely N-dealkylation sites (tertiary alicyclic amines) is 1. The molecule has 6 aliphatic rings. The highest BCUT2D eigenvalue weighted by atomic mass is 16.6. The van der Waals surface area contributed by atoms with Gasteiger partial charge < -0.3 is 38.6 Å². The van der Waals surface area contributed by atoms with E-state index in [1.165, 1.54) is 7.11 Å². The molecular formula is C33H45NO10. The zero-order chi connectivity index (χ0) is 31.3. The summed E-state index contributed by atoms with van der Waals surface area (Å²) in [6, 6.07) is 6.53. The van der Waals surface area contributed by atoms with Crippen molar-refractivity contribution in [2.75, 3.05) is 55.2 Å². The molecule has 44 heavy (non-hydrogen) atoms. The fourth-order valence-electron chi connectivity index (χ4n) is 11.8. The van der Waals surface area contributed by atoms with Gasteiger partial charge in [-0.1, -0.05) is 6.92 Å². The molecule has 7 bridgehead atoms. The first kappa shape index (κ1) is 30.5. The van der Waals surface area contributed by atoms with Crippen LogP contribution in [-0.2, 0) is 28.5 Å². The van der Waals surface area contributed by atoms with Gasteiger partial charge in [-0.15, -0.1) is 0 Å². The third-order valence-electron chi connectivity index (χ3n) is 12.8. The normalized spacial score (nSPS) is 48.4. The molecular weight excluding hydrogens is 570 g/mol. The molecule has 5 aliphatic carbocycles. The van der Waals surface area contributed by atoms with Gasteiger partial charge >= 0.3 is 5.97 Å². The maximum Gasteiger partial charge on any atom is 0.338 e. The van der Waals surface area contributed by atoms with Crippen LogP contribution in [0.4, 0.5) is 0 Å². The third-order valence-corrected chi connectivity index (χ3v) is 12.8. The number of fused-ring (bicyclic) bond motifs is 2. The molecule has 1 saturated heterocycles. The molecule has 6 fully saturated rings. The first-order valence-corrected chi connectivity index (χ1v) is 15.7. The summed E-state index contributed by atoms with van der Waals surface area (Å²) in [4.78, 5) is 30.6. The molecule has 0 aromatic heterocycles. The molecule has 5 saturated carbocycles. The Labute approximate surface area is 258 Å². The van der Waals surface area contributed by atoms with E-state index in [-0.39, 0.29) is 48.2 Å². The van der Waals surface area contributed by atoms with E-state index in [1.54, 1.807) is 52.7 Å². The van der Waals surface area contributed by atoms with E-state index < -0.39 is 52.5 Å². The third kappa shape index (κ3) is 3.47. The highest BCUT2D eigenvalue weighted by Crippen LogP contribution is 2.78. The van der Waals surface area contributed by atoms with Crippen molar-refractivity contribution in [2.45, 2.75) is 61.9 Å². The molecule has 7 rings (SSSR count). The van der Waals surface area contributed by atoms with Crippen molar-refractivity contribution in [1.29, 1.82) is 0 Å². The number of benzene rings is 1. The van der Waals surface area contributed by atoms with E-state index in [2.05, 4.69) is 11.8 Å². The van der Waals surface area contributed by atoms with Gasteiger partial charge in [0.15, 0.2) is 5.78 Å². The van der Waals surface area contributed by atoms with Crippen LogP contribution in [0.1, 0.15) is 30.1 Å². The number of methoxy groups -OCH3 is 5. The fraction of sp³-hybridized carbons (Fsp3) is 0.758. The summed E-state index contributed by atoms with van der Waals surface area (Å²) in [5.74, 6) is -1.98. The SMILES string of the molecule is CCN1C[C@]2(COC)[C@H](O)C[C@H](OC)[C@]34C1[C@H]([C@H](OC)[C@H]23)[C@H]1C(=O)[C@H](OC)[C@@]2(O)C[C@@H]4[C@@H]1[C@H]2OC(=O)c1ccc(OC)cc1. The first-order valence-electron chi connectivity index (χ1n) is 15.7. The molecule has 14 atom stereocenters. The molecule has 1 unspecified atom stereocenters. The quantitative estimate of drug-likeness (QED) is 0.388. The average molecular weight is 616 g/mol. The second-order valence-electron chi connectivity index (χ2n) is 13.9. The number of Topliss-reactive ketones (excluding diaryl/α,β-unsaturated/α-hetero) is 1. The minimum absolute atomic E-state index is 0.101. The lowest BCUT2D eigenvalue weighted by Gasteiger charge is -2.69. The lowest BCUT2D eigenvalue weighted by atomic mass is 9.43. The van der Waals surface area contributed by atoms with Gasteiger partial charge in [0.1, 0.15) is 23.6 Å². The summed E-state index contributed by atoms with van der Waals surface area (Å²) in [5.41, 5.74) is -2.69. The minimum atomic E-state index is -1.73. The molecule has 1 spiro atoms. The first-order chi connectivity index (χ1) is 21.1. The number of aliphatic hydroxyl groups excluding tert-OH is 1. The van der Waals surface area contributed by atoms with Crippen LogP contribution in [0.5, 0.6) is 5.75 Å². The Morgan fingerprint density at radius 2 is 1.77 bits per heavy atom. The Kier molecular flexibility index (Phi) is 7.25. The Morgan fingerprint density at radius 3 is 2.36 bits per heavy atom. The van der Waals surface area contributed by atoms with Crippen molar-refractivity contribution in [1.82, 2.24) is 4.90 Å². The van der Waals surface area contributed by atoms with Crippen LogP contribution in [0.25, 0.3) is 0 Å². The van der Waals surface area contributed by atoms with Crippen LogP contribution >= 0.6 is 0 Å². The number of rotatable bonds is 9. The molecule has 0 radical (unpaired) electrons. The van der Waals surface area contributed by atoms with Gasteiger partial charge in [-0.25, -0.2) is 4.79 Å². The summed E-state index contributed by atoms with van der Waals surface area (Å²) in [6.45, 7) is 3.73. The smallest absolute Gasteiger partial charge is 0.338 e. The summed E-state index contributed by atoms with van der Waals surface area (Å²) in [7, 11) is 8.02. The Hall–Kier alpha value is -2.12. The number of carbonyl (C=O) groups excluding carboxylic acids is 2. The van der Waals surface area contributed by atoms with Gasteiger partial charge in [-0.05, 0) is 43.1 Å². The van der Waals surface area contributed by atoms with Crippen molar-refractivity contribution in [2.24, 2.45) is 40.4 Å². The largest absolute Gasteiger partial charge is 0.497 e. The van der Waals surface area contributed by atoms with Crippen LogP contribution in [0, 0.1) is 40.4 Å². The highest BCUT2D eigenvalue weighted by molar-refractivity contribution is 5.92. The van der Waals surface area contributed by atoms with Crippen LogP contribution < -0.4 is 4.74 Å². The Bertz CT molecular complexity index is 1310. The van der Waals surface area contributed by atoms with Crippen LogP contribution in [-0.4, -0.2) is 124 Å². The number of aliphatic hydroxyl groups is 2. The molecule has 242 valence electrons. The minimum Gasteiger partial charge on any atom is -0.497 e. The number of carbonyl (C=O) groups is 2. The average Bonchev–Trinajstić information content (AvgIpc) is 3.36. The van der Waals surface area contributed by atoms with Gasteiger partial charge in [0.25, 0.3) is 0 Å². The van der Waals surface area contributed by atoms with E-state index in [9.17, 15) is 19.8 Å². The predicted octanol–water partition coefficient (Wildman–Crippen LogP) is 1.18. The molecule has 0 amide bonds. The molecule has 11 nitrogen and oxygen atoms in total. The van der Waals surface area contributed by atoms with Crippen molar-refractivity contribution in [3.8, 4) is 5.75 Å². The second kappa shape index (κ2) is 10.4. The highest BCUT2D eigenvalue weighted by Gasteiger charge is 2.87. The van der Waals surface area contributed by atoms with Gasteiger partial charge in [0.2, 0.25) is 0 Å². The van der Waals surface area contributed by atoms with Gasteiger partial charge in [0, 0.05) is 81.9 Å². The number of ether oxygens (including phenoxy) is 6. The summed E-state index contributed by atoms with van der Waals surface area (Å²) < 4.78 is 36.0. The summed E-state index contributed by atoms with van der Waals surface area (Å²) >= 11 is 0. The monoisotopic (exact) mass is 615 g/mol. The molecule has 1 heterocycles. The maximum absolute atomic E-state index is 14.5. The fourth-order valence-corrected chi connectivity index (χ4v) is 11.8. The molecule has 2 N–H and O–H groups in total. The molecule has 11 heteroatoms. The van der Waals surface area contributed by atoms with Crippen LogP contribution in [0.2, 0.25) is 0 Å². The molecule has 1 aliphatic heterocycles. The van der Waals surface area contributed by atoms with Crippen LogP contribution in [0.3, 0.4) is 0 Å². The maximum atomic E-state index is 14.5. The zero-order valence-corrected chi connectivity index (χ0v) is 26.3. The molecule has 1 aromatic rings. The topological polar surface area (TPSA) is 133 Å². The standard InChI is InChI=1S/C33H45NO10/c1-7-34-14-31(15-39-2)19(35)12-20(41-4)33-18-13-32(38)28(44-30(37)16-8-10-17(40-3)11-9-16)21(18)22(24(36)29(32)43-6)23(27(33)34)25(42-5)26(31)33/h8-11,18-23,25-29,35,38H,7,12-15H2,1-6H3/t18-,19-,20+,21+,22+,23+,25+,26-,27?,28-,29+,31+,32-,33+/m1/s1. The van der Waals surface area contributed by atoms with E-state index in [1.807, 2.05) is 0 Å². The number of piperidine rings is 1. The predicted molar refractivity (Wildman–Crippen MR) is 155 cm³/mol. The second-order valence-corrected chi connectivity index (χ2v) is 13.9. The Balaban J connectivity index is 1.42. The number of hydrogen-bond acceptors (Lipinski definition) is 11. The van der Waals surface area contributed by atoms with Gasteiger partial charge in [0.05, 0.1) is 37.6 Å².